The SMILES string of the molecule is CCCC/C=C\C/C=C\CCCCCCCC(=O)OCCCC/C=C\CCCCCCC(=O)NC(CO)C(O)CCCCCCCCCCCCCCCCCCCCCC. The van der Waals surface area contributed by atoms with E-state index in [1.54, 1.807) is 0 Å². The van der Waals surface area contributed by atoms with Crippen molar-refractivity contribution in [3.63, 3.8) is 0 Å². The fourth-order valence-corrected chi connectivity index (χ4v) is 8.00. The lowest BCUT2D eigenvalue weighted by Gasteiger charge is -2.22. The molecular formula is C55H103NO5. The summed E-state index contributed by atoms with van der Waals surface area (Å²) < 4.78 is 5.42. The summed E-state index contributed by atoms with van der Waals surface area (Å²) in [5, 5.41) is 23.3. The van der Waals surface area contributed by atoms with Crippen molar-refractivity contribution in [1.82, 2.24) is 5.32 Å². The van der Waals surface area contributed by atoms with Crippen molar-refractivity contribution < 1.29 is 24.5 Å². The highest BCUT2D eigenvalue weighted by Gasteiger charge is 2.20. The molecule has 2 atom stereocenters. The Bertz CT molecular complexity index is 993. The number of allylic oxidation sites excluding steroid dienone is 6. The van der Waals surface area contributed by atoms with Crippen LogP contribution in [0.15, 0.2) is 36.5 Å². The predicted octanol–water partition coefficient (Wildman–Crippen LogP) is 16.1. The molecule has 3 N–H and O–H groups in total. The number of esters is 1. The van der Waals surface area contributed by atoms with E-state index in [1.165, 1.54) is 154 Å². The molecule has 2 unspecified atom stereocenters. The number of unbranched alkanes of at least 4 members (excludes halogenated alkanes) is 32. The molecule has 1 amide bonds. The normalized spacial score (nSPS) is 12.9. The zero-order valence-electron chi connectivity index (χ0n) is 40.6. The summed E-state index contributed by atoms with van der Waals surface area (Å²) in [6.45, 7) is 4.82. The fraction of sp³-hybridized carbons (Fsp3) is 0.855. The van der Waals surface area contributed by atoms with Crippen molar-refractivity contribution in [2.24, 2.45) is 0 Å². The van der Waals surface area contributed by atoms with Gasteiger partial charge in [0.15, 0.2) is 0 Å². The Morgan fingerprint density at radius 3 is 1.31 bits per heavy atom. The predicted molar refractivity (Wildman–Crippen MR) is 264 cm³/mol. The molecule has 0 heterocycles. The standard InChI is InChI=1S/C55H103NO5/c1-3-5-7-9-11-13-15-17-19-20-21-22-23-24-25-27-31-35-39-43-47-53(58)52(51-57)56-54(59)48-44-40-36-32-29-30-34-38-42-46-50-61-55(60)49-45-41-37-33-28-26-18-16-14-12-10-8-6-4-2/h10,12,16,18,30,34,52-53,57-58H,3-9,11,13-15,17,19-29,31-33,35-51H2,1-2H3,(H,56,59)/b12-10-,18-16-,34-30-. The van der Waals surface area contributed by atoms with Gasteiger partial charge >= 0.3 is 5.97 Å². The van der Waals surface area contributed by atoms with Gasteiger partial charge in [-0.3, -0.25) is 9.59 Å². The Hall–Kier alpha value is -1.92. The molecule has 0 bridgehead atoms. The molecule has 0 aromatic heterocycles. The summed E-state index contributed by atoms with van der Waals surface area (Å²) in [4.78, 5) is 24.5. The first-order valence-electron chi connectivity index (χ1n) is 26.7. The minimum Gasteiger partial charge on any atom is -0.466 e. The van der Waals surface area contributed by atoms with E-state index >= 15 is 0 Å². The van der Waals surface area contributed by atoms with Crippen molar-refractivity contribution in [3.8, 4) is 0 Å². The topological polar surface area (TPSA) is 95.9 Å². The Balaban J connectivity index is 3.54. The Kier molecular flexibility index (Phi) is 49.1. The fourth-order valence-electron chi connectivity index (χ4n) is 8.00. The van der Waals surface area contributed by atoms with E-state index in [0.29, 0.717) is 25.9 Å². The Morgan fingerprint density at radius 1 is 0.459 bits per heavy atom. The smallest absolute Gasteiger partial charge is 0.305 e. The maximum Gasteiger partial charge on any atom is 0.305 e. The first kappa shape index (κ1) is 59.1. The number of aliphatic hydroxyl groups is 2. The second kappa shape index (κ2) is 50.7. The van der Waals surface area contributed by atoms with Gasteiger partial charge in [0.05, 0.1) is 25.4 Å². The number of carbonyl (C=O) groups excluding carboxylic acids is 2. The van der Waals surface area contributed by atoms with E-state index in [1.807, 2.05) is 0 Å². The van der Waals surface area contributed by atoms with Crippen LogP contribution in [0.2, 0.25) is 0 Å². The third-order valence-corrected chi connectivity index (χ3v) is 12.2. The van der Waals surface area contributed by atoms with Gasteiger partial charge in [-0.05, 0) is 77.0 Å². The summed E-state index contributed by atoms with van der Waals surface area (Å²) >= 11 is 0. The highest BCUT2D eigenvalue weighted by molar-refractivity contribution is 5.76. The molecule has 0 aliphatic carbocycles. The van der Waals surface area contributed by atoms with E-state index < -0.39 is 12.1 Å². The summed E-state index contributed by atoms with van der Waals surface area (Å²) in [6, 6.07) is -0.569. The van der Waals surface area contributed by atoms with Gasteiger partial charge in [-0.15, -0.1) is 0 Å². The molecule has 0 aliphatic heterocycles. The van der Waals surface area contributed by atoms with E-state index in [2.05, 4.69) is 55.6 Å². The third-order valence-electron chi connectivity index (χ3n) is 12.2. The van der Waals surface area contributed by atoms with Crippen LogP contribution in [-0.4, -0.2) is 47.4 Å². The van der Waals surface area contributed by atoms with E-state index in [4.69, 9.17) is 4.74 Å². The molecule has 0 aliphatic rings. The molecule has 0 rings (SSSR count). The van der Waals surface area contributed by atoms with Crippen molar-refractivity contribution in [1.29, 1.82) is 0 Å². The molecular weight excluding hydrogens is 755 g/mol. The van der Waals surface area contributed by atoms with Gasteiger partial charge in [0.1, 0.15) is 0 Å². The van der Waals surface area contributed by atoms with Gasteiger partial charge in [-0.2, -0.15) is 0 Å². The number of nitrogens with one attached hydrogen (secondary N) is 1. The highest BCUT2D eigenvalue weighted by atomic mass is 16.5. The maximum atomic E-state index is 12.5. The zero-order chi connectivity index (χ0) is 44.4. The molecule has 358 valence electrons. The van der Waals surface area contributed by atoms with Gasteiger partial charge in [-0.1, -0.05) is 224 Å². The molecule has 6 heteroatoms. The number of carbonyl (C=O) groups is 2. The Labute approximate surface area is 379 Å². The van der Waals surface area contributed by atoms with Crippen molar-refractivity contribution in [2.45, 2.75) is 289 Å². The van der Waals surface area contributed by atoms with Crippen LogP contribution in [-0.2, 0) is 14.3 Å². The number of ether oxygens (including phenoxy) is 1. The van der Waals surface area contributed by atoms with E-state index in [0.717, 1.165) is 89.9 Å². The largest absolute Gasteiger partial charge is 0.466 e. The van der Waals surface area contributed by atoms with Crippen LogP contribution in [0.4, 0.5) is 0 Å². The Morgan fingerprint density at radius 2 is 0.836 bits per heavy atom. The summed E-state index contributed by atoms with van der Waals surface area (Å²) in [5.74, 6) is -0.122. The molecule has 0 fully saturated rings. The van der Waals surface area contributed by atoms with Crippen LogP contribution in [0.25, 0.3) is 0 Å². The molecule has 0 aromatic carbocycles. The van der Waals surface area contributed by atoms with Crippen molar-refractivity contribution in [2.75, 3.05) is 13.2 Å². The summed E-state index contributed by atoms with van der Waals surface area (Å²) in [5.41, 5.74) is 0. The van der Waals surface area contributed by atoms with E-state index in [9.17, 15) is 19.8 Å². The monoisotopic (exact) mass is 858 g/mol. The van der Waals surface area contributed by atoms with Crippen molar-refractivity contribution >= 4 is 11.9 Å². The van der Waals surface area contributed by atoms with Gasteiger partial charge in [0, 0.05) is 12.8 Å². The first-order valence-corrected chi connectivity index (χ1v) is 26.7. The van der Waals surface area contributed by atoms with Crippen LogP contribution < -0.4 is 5.32 Å². The lowest BCUT2D eigenvalue weighted by atomic mass is 10.0. The van der Waals surface area contributed by atoms with Crippen LogP contribution >= 0.6 is 0 Å². The first-order chi connectivity index (χ1) is 30.0. The average molecular weight is 858 g/mol. The van der Waals surface area contributed by atoms with Crippen LogP contribution in [0.5, 0.6) is 0 Å². The molecule has 0 radical (unpaired) electrons. The molecule has 0 spiro atoms. The lowest BCUT2D eigenvalue weighted by molar-refractivity contribution is -0.143. The number of hydrogen-bond donors (Lipinski definition) is 3. The van der Waals surface area contributed by atoms with Gasteiger partial charge < -0.3 is 20.3 Å². The number of rotatable bonds is 49. The van der Waals surface area contributed by atoms with Gasteiger partial charge in [0.25, 0.3) is 0 Å². The van der Waals surface area contributed by atoms with E-state index in [-0.39, 0.29) is 18.5 Å². The van der Waals surface area contributed by atoms with Gasteiger partial charge in [0.2, 0.25) is 5.91 Å². The zero-order valence-corrected chi connectivity index (χ0v) is 40.6. The molecule has 61 heavy (non-hydrogen) atoms. The van der Waals surface area contributed by atoms with Gasteiger partial charge in [-0.25, -0.2) is 0 Å². The van der Waals surface area contributed by atoms with Crippen LogP contribution in [0, 0.1) is 0 Å². The average Bonchev–Trinajstić information content (AvgIpc) is 3.26. The van der Waals surface area contributed by atoms with Crippen molar-refractivity contribution in [3.05, 3.63) is 36.5 Å². The maximum absolute atomic E-state index is 12.5. The number of aliphatic hydroxyl groups excluding tert-OH is 2. The molecule has 0 saturated carbocycles. The number of amides is 1. The quantitative estimate of drug-likeness (QED) is 0.0322. The lowest BCUT2D eigenvalue weighted by Crippen LogP contribution is -2.45. The third kappa shape index (κ3) is 47.4. The molecule has 0 aromatic rings. The second-order valence-electron chi connectivity index (χ2n) is 18.2. The summed E-state index contributed by atoms with van der Waals surface area (Å²) in [7, 11) is 0. The molecule has 0 saturated heterocycles. The van der Waals surface area contributed by atoms with Crippen LogP contribution in [0.1, 0.15) is 277 Å². The highest BCUT2D eigenvalue weighted by Crippen LogP contribution is 2.16. The number of hydrogen-bond acceptors (Lipinski definition) is 5. The van der Waals surface area contributed by atoms with Crippen LogP contribution in [0.3, 0.4) is 0 Å². The summed E-state index contributed by atoms with van der Waals surface area (Å²) in [6.07, 6.45) is 61.2. The second-order valence-corrected chi connectivity index (χ2v) is 18.2. The minimum atomic E-state index is -0.688. The molecule has 6 nitrogen and oxygen atoms in total. The minimum absolute atomic E-state index is 0.0509.